The molecule has 12 aromatic carbocycles. The Kier molecular flexibility index (Phi) is 12.7. The number of hydrogen-bond donors (Lipinski definition) is 0. The van der Waals surface area contributed by atoms with Gasteiger partial charge in [-0.1, -0.05) is 199 Å². The minimum absolute atomic E-state index is 0.00318. The second-order valence-corrected chi connectivity index (χ2v) is 23.7. The summed E-state index contributed by atoms with van der Waals surface area (Å²) in [5, 5.41) is 7.34. The number of anilines is 6. The molecular formula is C76H68N2. The normalized spacial score (nSPS) is 12.0. The Balaban J connectivity index is 1.12. The van der Waals surface area contributed by atoms with E-state index in [9.17, 15) is 0 Å². The van der Waals surface area contributed by atoms with Crippen molar-refractivity contribution >= 4 is 66.4 Å². The highest BCUT2D eigenvalue weighted by atomic mass is 15.2. The van der Waals surface area contributed by atoms with E-state index in [1.807, 2.05) is 0 Å². The lowest BCUT2D eigenvalue weighted by Gasteiger charge is -2.31. The van der Waals surface area contributed by atoms with Gasteiger partial charge in [0.05, 0.1) is 11.4 Å². The molecule has 0 amide bonds. The van der Waals surface area contributed by atoms with Gasteiger partial charge in [0, 0.05) is 33.5 Å². The molecule has 0 heterocycles. The maximum atomic E-state index is 2.51. The Morgan fingerprint density at radius 2 is 0.551 bits per heavy atom. The van der Waals surface area contributed by atoms with E-state index < -0.39 is 0 Å². The van der Waals surface area contributed by atoms with Gasteiger partial charge in [-0.15, -0.1) is 0 Å². The van der Waals surface area contributed by atoms with E-state index >= 15 is 0 Å². The maximum Gasteiger partial charge on any atom is 0.0540 e. The van der Waals surface area contributed by atoms with Crippen LogP contribution in [0.15, 0.2) is 231 Å². The minimum atomic E-state index is 0.00318. The van der Waals surface area contributed by atoms with Crippen LogP contribution >= 0.6 is 0 Å². The summed E-state index contributed by atoms with van der Waals surface area (Å²) in [5.41, 5.74) is 24.0. The Hall–Kier alpha value is -8.72. The third-order valence-electron chi connectivity index (χ3n) is 16.3. The van der Waals surface area contributed by atoms with Crippen LogP contribution in [0.3, 0.4) is 0 Å². The highest BCUT2D eigenvalue weighted by Crippen LogP contribution is 2.50. The third kappa shape index (κ3) is 9.20. The van der Waals surface area contributed by atoms with Crippen LogP contribution in [0.5, 0.6) is 0 Å². The molecule has 0 saturated carbocycles. The van der Waals surface area contributed by atoms with Crippen molar-refractivity contribution in [3.63, 3.8) is 0 Å². The zero-order chi connectivity index (χ0) is 54.0. The maximum absolute atomic E-state index is 2.51. The summed E-state index contributed by atoms with van der Waals surface area (Å²) in [6.45, 7) is 22.6. The van der Waals surface area contributed by atoms with E-state index in [-0.39, 0.29) is 10.8 Å². The number of nitrogens with zero attached hydrogens (tertiary/aromatic N) is 2. The largest absolute Gasteiger partial charge is 0.310 e. The van der Waals surface area contributed by atoms with Gasteiger partial charge in [-0.3, -0.25) is 0 Å². The van der Waals surface area contributed by atoms with Gasteiger partial charge in [0.2, 0.25) is 0 Å². The molecule has 0 atom stereocenters. The first-order valence-corrected chi connectivity index (χ1v) is 27.7. The van der Waals surface area contributed by atoms with E-state index in [0.29, 0.717) is 0 Å². The monoisotopic (exact) mass is 1010 g/mol. The van der Waals surface area contributed by atoms with Crippen LogP contribution in [0.25, 0.3) is 76.8 Å². The highest BCUT2D eigenvalue weighted by molar-refractivity contribution is 6.28. The van der Waals surface area contributed by atoms with E-state index in [1.54, 1.807) is 0 Å². The molecule has 0 spiro atoms. The summed E-state index contributed by atoms with van der Waals surface area (Å²) < 4.78 is 0. The molecule has 0 fully saturated rings. The molecule has 2 heteroatoms. The second-order valence-electron chi connectivity index (χ2n) is 23.7. The average Bonchev–Trinajstić information content (AvgIpc) is 3.64. The Labute approximate surface area is 462 Å². The van der Waals surface area contributed by atoms with Crippen LogP contribution in [0, 0.1) is 27.7 Å². The first-order chi connectivity index (χ1) is 37.6. The zero-order valence-corrected chi connectivity index (χ0v) is 46.8. The Morgan fingerprint density at radius 1 is 0.269 bits per heavy atom. The molecule has 0 aromatic heterocycles. The molecule has 0 saturated heterocycles. The van der Waals surface area contributed by atoms with Crippen LogP contribution in [-0.4, -0.2) is 0 Å². The third-order valence-corrected chi connectivity index (χ3v) is 16.3. The van der Waals surface area contributed by atoms with Gasteiger partial charge >= 0.3 is 0 Å². The molecule has 0 aliphatic rings. The summed E-state index contributed by atoms with van der Waals surface area (Å²) in [5.74, 6) is 0. The summed E-state index contributed by atoms with van der Waals surface area (Å²) in [4.78, 5) is 5.02. The van der Waals surface area contributed by atoms with Crippen molar-refractivity contribution in [3.05, 3.63) is 264 Å². The first-order valence-electron chi connectivity index (χ1n) is 27.7. The summed E-state index contributed by atoms with van der Waals surface area (Å²) in [7, 11) is 0. The van der Waals surface area contributed by atoms with Crippen LogP contribution in [0.2, 0.25) is 0 Å². The van der Waals surface area contributed by atoms with Crippen LogP contribution in [0.1, 0.15) is 74.9 Å². The SMILES string of the molecule is Cc1ccccc1-c1cc(-c2ccccc2C)cc(N(c2ccc(C(C)(C)C)cc2)c2ccc3ccc4c(N(c5ccc(C(C)(C)C)cc5)c5cc(-c6ccccc6C)cc(-c6ccccc6C)c5)ccc5ccc2c3c54)c1. The molecule has 0 N–H and O–H groups in total. The molecule has 2 nitrogen and oxygen atoms in total. The molecule has 0 bridgehead atoms. The molecule has 78 heavy (non-hydrogen) atoms. The van der Waals surface area contributed by atoms with Gasteiger partial charge in [-0.05, 0) is 211 Å². The number of hydrogen-bond acceptors (Lipinski definition) is 2. The van der Waals surface area contributed by atoms with Gasteiger partial charge in [0.1, 0.15) is 0 Å². The predicted octanol–water partition coefficient (Wildman–Crippen LogP) is 22.0. The van der Waals surface area contributed by atoms with E-state index in [1.165, 1.54) is 110 Å². The van der Waals surface area contributed by atoms with Gasteiger partial charge in [0.25, 0.3) is 0 Å². The number of rotatable bonds is 10. The Morgan fingerprint density at radius 3 is 0.833 bits per heavy atom. The predicted molar refractivity (Wildman–Crippen MR) is 338 cm³/mol. The van der Waals surface area contributed by atoms with Gasteiger partial charge in [-0.2, -0.15) is 0 Å². The van der Waals surface area contributed by atoms with Crippen LogP contribution < -0.4 is 9.80 Å². The molecule has 12 rings (SSSR count). The van der Waals surface area contributed by atoms with Crippen molar-refractivity contribution < 1.29 is 0 Å². The first kappa shape index (κ1) is 50.1. The second kappa shape index (κ2) is 19.7. The van der Waals surface area contributed by atoms with Crippen LogP contribution in [-0.2, 0) is 10.8 Å². The van der Waals surface area contributed by atoms with Crippen molar-refractivity contribution in [2.75, 3.05) is 9.80 Å². The van der Waals surface area contributed by atoms with Crippen molar-refractivity contribution in [2.24, 2.45) is 0 Å². The fourth-order valence-corrected chi connectivity index (χ4v) is 11.9. The number of aryl methyl sites for hydroxylation is 4. The molecule has 0 unspecified atom stereocenters. The zero-order valence-electron chi connectivity index (χ0n) is 46.8. The fraction of sp³-hybridized carbons (Fsp3) is 0.158. The van der Waals surface area contributed by atoms with Crippen molar-refractivity contribution in [1.29, 1.82) is 0 Å². The fourth-order valence-electron chi connectivity index (χ4n) is 11.9. The quantitative estimate of drug-likeness (QED) is 0.126. The topological polar surface area (TPSA) is 6.48 Å². The van der Waals surface area contributed by atoms with Crippen molar-refractivity contribution in [3.8, 4) is 44.5 Å². The summed E-state index contributed by atoms with van der Waals surface area (Å²) in [6, 6.07) is 86.8. The molecular weight excluding hydrogens is 941 g/mol. The standard InChI is InChI=1S/C76H68N2/c1-49-19-11-15-23-65(49)55-43-56(66-24-16-12-20-50(66)2)46-63(45-55)77(61-35-31-59(32-36-61)75(5,6)7)71-41-29-53-28-40-70-72(42-30-54-27-39-69(71)73(53)74(54)70)78(62-37-33-60(34-38-62)76(8,9)10)64-47-57(67-25-17-13-21-51(67)3)44-58(48-64)68-26-18-14-22-52(68)4/h11-48H,1-10H3. The summed E-state index contributed by atoms with van der Waals surface area (Å²) in [6.07, 6.45) is 0. The summed E-state index contributed by atoms with van der Waals surface area (Å²) >= 11 is 0. The lowest BCUT2D eigenvalue weighted by atomic mass is 9.87. The molecule has 0 radical (unpaired) electrons. The number of benzene rings is 12. The van der Waals surface area contributed by atoms with Crippen LogP contribution in [0.4, 0.5) is 34.1 Å². The van der Waals surface area contributed by atoms with Crippen molar-refractivity contribution in [1.82, 2.24) is 0 Å². The van der Waals surface area contributed by atoms with E-state index in [2.05, 4.69) is 310 Å². The molecule has 12 aromatic rings. The minimum Gasteiger partial charge on any atom is -0.310 e. The van der Waals surface area contributed by atoms with E-state index in [4.69, 9.17) is 0 Å². The molecule has 0 aliphatic heterocycles. The van der Waals surface area contributed by atoms with Gasteiger partial charge in [0.15, 0.2) is 0 Å². The highest BCUT2D eigenvalue weighted by Gasteiger charge is 2.25. The van der Waals surface area contributed by atoms with E-state index in [0.717, 1.165) is 34.1 Å². The average molecular weight is 1010 g/mol. The van der Waals surface area contributed by atoms with Gasteiger partial charge in [-0.25, -0.2) is 0 Å². The smallest absolute Gasteiger partial charge is 0.0540 e. The van der Waals surface area contributed by atoms with Gasteiger partial charge < -0.3 is 9.80 Å². The lowest BCUT2D eigenvalue weighted by Crippen LogP contribution is -2.14. The lowest BCUT2D eigenvalue weighted by molar-refractivity contribution is 0.590. The Bertz CT molecular complexity index is 3800. The van der Waals surface area contributed by atoms with Crippen molar-refractivity contribution in [2.45, 2.75) is 80.1 Å². The molecule has 0 aliphatic carbocycles. The molecule has 382 valence electrons.